The van der Waals surface area contributed by atoms with Crippen molar-refractivity contribution in [1.82, 2.24) is 9.78 Å². The van der Waals surface area contributed by atoms with E-state index in [4.69, 9.17) is 0 Å². The average Bonchev–Trinajstić information content (AvgIpc) is 2.97. The summed E-state index contributed by atoms with van der Waals surface area (Å²) in [4.78, 5) is 32.4. The second kappa shape index (κ2) is 5.80. The van der Waals surface area contributed by atoms with Gasteiger partial charge in [0.2, 0.25) is 0 Å². The molecule has 0 aliphatic rings. The Bertz CT molecular complexity index is 970. The summed E-state index contributed by atoms with van der Waals surface area (Å²) in [7, 11) is 0. The molecule has 0 amide bonds. The van der Waals surface area contributed by atoms with Crippen molar-refractivity contribution in [2.75, 3.05) is 0 Å². The Morgan fingerprint density at radius 2 is 1.33 bits per heavy atom. The quantitative estimate of drug-likeness (QED) is 0.583. The second-order valence-electron chi connectivity index (χ2n) is 4.92. The van der Waals surface area contributed by atoms with Crippen LogP contribution >= 0.6 is 0 Å². The van der Waals surface area contributed by atoms with Crippen molar-refractivity contribution < 1.29 is 9.85 Å². The topological polar surface area (TPSA) is 124 Å². The molecule has 0 aliphatic carbocycles. The molecule has 120 valence electrons. The van der Waals surface area contributed by atoms with Crippen LogP contribution in [0.1, 0.15) is 0 Å². The average molecular weight is 326 g/mol. The molecule has 1 aromatic heterocycles. The predicted octanol–water partition coefficient (Wildman–Crippen LogP) is 2.65. The number of H-pyrrole nitrogens is 1. The van der Waals surface area contributed by atoms with E-state index in [0.717, 1.165) is 0 Å². The van der Waals surface area contributed by atoms with Crippen LogP contribution in [0, 0.1) is 20.2 Å². The molecule has 0 bridgehead atoms. The number of nitro groups is 2. The Morgan fingerprint density at radius 1 is 0.833 bits per heavy atom. The van der Waals surface area contributed by atoms with Gasteiger partial charge in [0.05, 0.1) is 21.2 Å². The second-order valence-corrected chi connectivity index (χ2v) is 4.92. The van der Waals surface area contributed by atoms with Crippen LogP contribution in [-0.4, -0.2) is 19.6 Å². The van der Waals surface area contributed by atoms with E-state index in [-0.39, 0.29) is 16.9 Å². The number of rotatable bonds is 4. The summed E-state index contributed by atoms with van der Waals surface area (Å²) in [5.74, 6) is 0. The number of non-ortho nitro benzene ring substituents is 2. The molecule has 0 radical (unpaired) electrons. The fourth-order valence-electron chi connectivity index (χ4n) is 2.22. The van der Waals surface area contributed by atoms with Gasteiger partial charge in [-0.1, -0.05) is 0 Å². The van der Waals surface area contributed by atoms with E-state index in [1.54, 1.807) is 0 Å². The minimum absolute atomic E-state index is 0.0455. The molecule has 0 saturated heterocycles. The molecule has 1 N–H and O–H groups in total. The first-order valence-corrected chi connectivity index (χ1v) is 6.77. The summed E-state index contributed by atoms with van der Waals surface area (Å²) in [6.07, 6.45) is 0. The van der Waals surface area contributed by atoms with E-state index in [0.29, 0.717) is 16.9 Å². The highest BCUT2D eigenvalue weighted by molar-refractivity contribution is 5.60. The summed E-state index contributed by atoms with van der Waals surface area (Å²) in [6, 6.07) is 12.6. The standard InChI is InChI=1S/C15H10N4O5/c20-15-9-14(10-1-3-12(4-2-10)18(21)22)16-17(15)11-5-7-13(8-6-11)19(23)24/h1-9,16H. The number of nitrogens with one attached hydrogen (secondary N) is 1. The minimum atomic E-state index is -0.524. The molecular weight excluding hydrogens is 316 g/mol. The zero-order valence-electron chi connectivity index (χ0n) is 12.1. The maximum Gasteiger partial charge on any atom is 0.271 e. The van der Waals surface area contributed by atoms with Crippen LogP contribution in [0.15, 0.2) is 59.4 Å². The predicted molar refractivity (Wildman–Crippen MR) is 85.1 cm³/mol. The lowest BCUT2D eigenvalue weighted by Crippen LogP contribution is -2.13. The van der Waals surface area contributed by atoms with E-state index in [1.165, 1.54) is 59.3 Å². The number of benzene rings is 2. The van der Waals surface area contributed by atoms with Gasteiger partial charge in [-0.25, -0.2) is 4.68 Å². The van der Waals surface area contributed by atoms with E-state index in [1.807, 2.05) is 0 Å². The SMILES string of the molecule is O=c1cc(-c2ccc([N+](=O)[O-])cc2)[nH]n1-c1ccc([N+](=O)[O-])cc1. The smallest absolute Gasteiger partial charge is 0.271 e. The highest BCUT2D eigenvalue weighted by Crippen LogP contribution is 2.21. The van der Waals surface area contributed by atoms with Crippen LogP contribution in [0.3, 0.4) is 0 Å². The molecule has 0 fully saturated rings. The van der Waals surface area contributed by atoms with Crippen molar-refractivity contribution in [3.8, 4) is 16.9 Å². The van der Waals surface area contributed by atoms with Crippen molar-refractivity contribution in [2.45, 2.75) is 0 Å². The van der Waals surface area contributed by atoms with Gasteiger partial charge in [0, 0.05) is 35.9 Å². The number of nitrogens with zero attached hydrogens (tertiary/aromatic N) is 3. The highest BCUT2D eigenvalue weighted by atomic mass is 16.6. The van der Waals surface area contributed by atoms with Crippen LogP contribution in [0.5, 0.6) is 0 Å². The lowest BCUT2D eigenvalue weighted by molar-refractivity contribution is -0.385. The summed E-state index contributed by atoms with van der Waals surface area (Å²) in [6.45, 7) is 0. The summed E-state index contributed by atoms with van der Waals surface area (Å²) in [5.41, 5.74) is 1.06. The van der Waals surface area contributed by atoms with Crippen LogP contribution in [0.2, 0.25) is 0 Å². The van der Waals surface area contributed by atoms with Gasteiger partial charge < -0.3 is 0 Å². The molecular formula is C15H10N4O5. The molecule has 0 unspecified atom stereocenters. The van der Waals surface area contributed by atoms with Gasteiger partial charge >= 0.3 is 0 Å². The van der Waals surface area contributed by atoms with Gasteiger partial charge in [-0.3, -0.25) is 30.1 Å². The first kappa shape index (κ1) is 15.2. The third-order valence-electron chi connectivity index (χ3n) is 3.43. The van der Waals surface area contributed by atoms with Gasteiger partial charge in [-0.2, -0.15) is 0 Å². The summed E-state index contributed by atoms with van der Waals surface area (Å²) < 4.78 is 1.24. The monoisotopic (exact) mass is 326 g/mol. The van der Waals surface area contributed by atoms with Crippen LogP contribution in [0.25, 0.3) is 16.9 Å². The van der Waals surface area contributed by atoms with Crippen molar-refractivity contribution in [1.29, 1.82) is 0 Å². The van der Waals surface area contributed by atoms with E-state index < -0.39 is 9.85 Å². The maximum atomic E-state index is 12.1. The fourth-order valence-corrected chi connectivity index (χ4v) is 2.22. The number of aromatic nitrogens is 2. The van der Waals surface area contributed by atoms with Crippen molar-refractivity contribution in [3.05, 3.63) is 85.2 Å². The number of hydrogen-bond donors (Lipinski definition) is 1. The van der Waals surface area contributed by atoms with E-state index in [9.17, 15) is 25.0 Å². The largest absolute Gasteiger partial charge is 0.290 e. The Hall–Kier alpha value is -3.75. The zero-order chi connectivity index (χ0) is 17.3. The molecule has 1 heterocycles. The number of aromatic amines is 1. The van der Waals surface area contributed by atoms with Crippen molar-refractivity contribution in [2.24, 2.45) is 0 Å². The summed E-state index contributed by atoms with van der Waals surface area (Å²) in [5, 5.41) is 24.2. The highest BCUT2D eigenvalue weighted by Gasteiger charge is 2.11. The van der Waals surface area contributed by atoms with Crippen molar-refractivity contribution >= 4 is 11.4 Å². The van der Waals surface area contributed by atoms with Gasteiger partial charge in [0.25, 0.3) is 16.9 Å². The Kier molecular flexibility index (Phi) is 3.66. The molecule has 0 aliphatic heterocycles. The minimum Gasteiger partial charge on any atom is -0.290 e. The first-order valence-electron chi connectivity index (χ1n) is 6.77. The Balaban J connectivity index is 1.96. The van der Waals surface area contributed by atoms with E-state index in [2.05, 4.69) is 5.10 Å². The normalized spacial score (nSPS) is 10.5. The lowest BCUT2D eigenvalue weighted by Gasteiger charge is -2.02. The van der Waals surface area contributed by atoms with Crippen LogP contribution in [0.4, 0.5) is 11.4 Å². The summed E-state index contributed by atoms with van der Waals surface area (Å²) >= 11 is 0. The molecule has 0 atom stereocenters. The third-order valence-corrected chi connectivity index (χ3v) is 3.43. The van der Waals surface area contributed by atoms with E-state index >= 15 is 0 Å². The van der Waals surface area contributed by atoms with Crippen LogP contribution < -0.4 is 5.56 Å². The molecule has 0 spiro atoms. The lowest BCUT2D eigenvalue weighted by atomic mass is 10.1. The van der Waals surface area contributed by atoms with Gasteiger partial charge in [-0.15, -0.1) is 0 Å². The molecule has 2 aromatic carbocycles. The van der Waals surface area contributed by atoms with Gasteiger partial charge in [-0.05, 0) is 24.3 Å². The third kappa shape index (κ3) is 2.77. The first-order chi connectivity index (χ1) is 11.5. The Morgan fingerprint density at radius 3 is 1.83 bits per heavy atom. The fraction of sp³-hybridized carbons (Fsp3) is 0. The number of hydrogen-bond acceptors (Lipinski definition) is 5. The molecule has 0 saturated carbocycles. The molecule has 9 nitrogen and oxygen atoms in total. The molecule has 3 rings (SSSR count). The zero-order valence-corrected chi connectivity index (χ0v) is 12.1. The van der Waals surface area contributed by atoms with Gasteiger partial charge in [0.1, 0.15) is 0 Å². The van der Waals surface area contributed by atoms with Gasteiger partial charge in [0.15, 0.2) is 0 Å². The maximum absolute atomic E-state index is 12.1. The van der Waals surface area contributed by atoms with Crippen LogP contribution in [-0.2, 0) is 0 Å². The Labute approximate surface area is 134 Å². The molecule has 3 aromatic rings. The molecule has 9 heteroatoms. The molecule has 24 heavy (non-hydrogen) atoms. The van der Waals surface area contributed by atoms with Crippen molar-refractivity contribution in [3.63, 3.8) is 0 Å². The number of nitro benzene ring substituents is 2.